The first-order valence-corrected chi connectivity index (χ1v) is 8.78. The molecule has 0 aromatic heterocycles. The zero-order chi connectivity index (χ0) is 15.1. The lowest BCUT2D eigenvalue weighted by molar-refractivity contribution is 0.607. The first-order valence-electron chi connectivity index (χ1n) is 6.89. The molecule has 0 unspecified atom stereocenters. The minimum Gasteiger partial charge on any atom is -0.383 e. The maximum atomic E-state index is 11.3. The molecule has 21 heavy (non-hydrogen) atoms. The average Bonchev–Trinajstić information content (AvgIpc) is 2.45. The second-order valence-electron chi connectivity index (χ2n) is 4.94. The van der Waals surface area contributed by atoms with Crippen molar-refractivity contribution in [1.82, 2.24) is 0 Å². The van der Waals surface area contributed by atoms with E-state index in [4.69, 9.17) is 0 Å². The fraction of sp³-hybridized carbons (Fsp3) is 0.250. The molecule has 0 aliphatic rings. The quantitative estimate of drug-likeness (QED) is 0.773. The third kappa shape index (κ3) is 5.47. The number of para-hydroxylation sites is 2. The molecule has 0 radical (unpaired) electrons. The molecule has 0 saturated heterocycles. The molecule has 2 N–H and O–H groups in total. The van der Waals surface area contributed by atoms with E-state index >= 15 is 0 Å². The van der Waals surface area contributed by atoms with Gasteiger partial charge in [-0.15, -0.1) is 0 Å². The van der Waals surface area contributed by atoms with Gasteiger partial charge in [0.1, 0.15) is 0 Å². The Labute approximate surface area is 126 Å². The highest BCUT2D eigenvalue weighted by atomic mass is 32.2. The van der Waals surface area contributed by atoms with Crippen LogP contribution in [0.5, 0.6) is 0 Å². The first-order chi connectivity index (χ1) is 10.0. The van der Waals surface area contributed by atoms with Crippen LogP contribution < -0.4 is 10.0 Å². The van der Waals surface area contributed by atoms with Gasteiger partial charge < -0.3 is 5.32 Å². The van der Waals surface area contributed by atoms with Gasteiger partial charge in [0, 0.05) is 6.54 Å². The number of aryl methyl sites for hydroxylation is 1. The monoisotopic (exact) mass is 304 g/mol. The maximum absolute atomic E-state index is 11.3. The molecule has 0 spiro atoms. The third-order valence-corrected chi connectivity index (χ3v) is 3.61. The third-order valence-electron chi connectivity index (χ3n) is 3.02. The van der Waals surface area contributed by atoms with E-state index in [0.29, 0.717) is 5.69 Å². The van der Waals surface area contributed by atoms with Crippen LogP contribution in [0.2, 0.25) is 0 Å². The summed E-state index contributed by atoms with van der Waals surface area (Å²) >= 11 is 0. The molecule has 2 rings (SSSR count). The van der Waals surface area contributed by atoms with Crippen molar-refractivity contribution in [2.75, 3.05) is 22.8 Å². The lowest BCUT2D eigenvalue weighted by Crippen LogP contribution is -2.12. The molecule has 2 aromatic rings. The van der Waals surface area contributed by atoms with Gasteiger partial charge in [-0.05, 0) is 30.5 Å². The number of benzene rings is 2. The number of hydrogen-bond donors (Lipinski definition) is 2. The largest absolute Gasteiger partial charge is 0.383 e. The van der Waals surface area contributed by atoms with E-state index < -0.39 is 10.0 Å². The van der Waals surface area contributed by atoms with Crippen molar-refractivity contribution in [3.05, 3.63) is 60.2 Å². The van der Waals surface area contributed by atoms with Crippen LogP contribution in [0, 0.1) is 0 Å². The van der Waals surface area contributed by atoms with E-state index in [1.807, 2.05) is 36.4 Å². The molecular formula is C16H20N2O2S. The molecule has 0 fully saturated rings. The van der Waals surface area contributed by atoms with Crippen LogP contribution in [-0.4, -0.2) is 21.2 Å². The fourth-order valence-corrected chi connectivity index (χ4v) is 2.66. The summed E-state index contributed by atoms with van der Waals surface area (Å²) in [5.74, 6) is 0. The summed E-state index contributed by atoms with van der Waals surface area (Å²) in [4.78, 5) is 0. The van der Waals surface area contributed by atoms with Crippen molar-refractivity contribution in [1.29, 1.82) is 0 Å². The van der Waals surface area contributed by atoms with Gasteiger partial charge in [-0.1, -0.05) is 42.5 Å². The maximum Gasteiger partial charge on any atom is 0.229 e. The van der Waals surface area contributed by atoms with E-state index in [0.717, 1.165) is 31.3 Å². The van der Waals surface area contributed by atoms with Gasteiger partial charge >= 0.3 is 0 Å². The molecular weight excluding hydrogens is 284 g/mol. The second-order valence-corrected chi connectivity index (χ2v) is 6.68. The summed E-state index contributed by atoms with van der Waals surface area (Å²) < 4.78 is 25.2. The van der Waals surface area contributed by atoms with Crippen molar-refractivity contribution >= 4 is 21.4 Å². The Morgan fingerprint density at radius 2 is 1.52 bits per heavy atom. The van der Waals surface area contributed by atoms with Crippen LogP contribution in [0.3, 0.4) is 0 Å². The van der Waals surface area contributed by atoms with Crippen molar-refractivity contribution in [3.8, 4) is 0 Å². The van der Waals surface area contributed by atoms with Gasteiger partial charge in [0.05, 0.1) is 17.6 Å². The van der Waals surface area contributed by atoms with E-state index in [-0.39, 0.29) is 0 Å². The topological polar surface area (TPSA) is 58.2 Å². The number of rotatable bonds is 7. The van der Waals surface area contributed by atoms with Crippen molar-refractivity contribution in [2.24, 2.45) is 0 Å². The van der Waals surface area contributed by atoms with Gasteiger partial charge in [0.2, 0.25) is 10.0 Å². The smallest absolute Gasteiger partial charge is 0.229 e. The highest BCUT2D eigenvalue weighted by Crippen LogP contribution is 2.21. The van der Waals surface area contributed by atoms with Crippen LogP contribution in [-0.2, 0) is 16.4 Å². The van der Waals surface area contributed by atoms with Gasteiger partial charge in [0.15, 0.2) is 0 Å². The summed E-state index contributed by atoms with van der Waals surface area (Å²) in [5, 5.41) is 3.28. The van der Waals surface area contributed by atoms with E-state index in [2.05, 4.69) is 22.2 Å². The Morgan fingerprint density at radius 3 is 2.19 bits per heavy atom. The Hall–Kier alpha value is -2.01. The summed E-state index contributed by atoms with van der Waals surface area (Å²) in [6, 6.07) is 17.6. The molecule has 112 valence electrons. The fourth-order valence-electron chi connectivity index (χ4n) is 2.09. The van der Waals surface area contributed by atoms with Crippen molar-refractivity contribution in [3.63, 3.8) is 0 Å². The van der Waals surface area contributed by atoms with Gasteiger partial charge in [-0.25, -0.2) is 8.42 Å². The van der Waals surface area contributed by atoms with E-state index in [1.54, 1.807) is 6.07 Å². The lowest BCUT2D eigenvalue weighted by atomic mass is 10.1. The van der Waals surface area contributed by atoms with Crippen LogP contribution >= 0.6 is 0 Å². The molecule has 0 atom stereocenters. The minimum absolute atomic E-state index is 0.583. The molecule has 4 nitrogen and oxygen atoms in total. The zero-order valence-electron chi connectivity index (χ0n) is 12.0. The van der Waals surface area contributed by atoms with Gasteiger partial charge in [-0.2, -0.15) is 0 Å². The second kappa shape index (κ2) is 7.13. The number of nitrogens with one attached hydrogen (secondary N) is 2. The van der Waals surface area contributed by atoms with Crippen LogP contribution in [0.15, 0.2) is 54.6 Å². The SMILES string of the molecule is CS(=O)(=O)Nc1ccccc1NCCCc1ccccc1. The Balaban J connectivity index is 1.88. The standard InChI is InChI=1S/C16H20N2O2S/c1-21(19,20)18-16-12-6-5-11-15(16)17-13-7-10-14-8-3-2-4-9-14/h2-6,8-9,11-12,17-18H,7,10,13H2,1H3. The molecule has 2 aromatic carbocycles. The zero-order valence-corrected chi connectivity index (χ0v) is 12.9. The minimum atomic E-state index is -3.26. The van der Waals surface area contributed by atoms with E-state index in [1.165, 1.54) is 5.56 Å². The predicted molar refractivity (Wildman–Crippen MR) is 88.2 cm³/mol. The van der Waals surface area contributed by atoms with Crippen LogP contribution in [0.1, 0.15) is 12.0 Å². The molecule has 0 heterocycles. The Kier molecular flexibility index (Phi) is 5.22. The Morgan fingerprint density at radius 1 is 0.905 bits per heavy atom. The summed E-state index contributed by atoms with van der Waals surface area (Å²) in [6.45, 7) is 0.789. The highest BCUT2D eigenvalue weighted by molar-refractivity contribution is 7.92. The van der Waals surface area contributed by atoms with Crippen molar-refractivity contribution in [2.45, 2.75) is 12.8 Å². The molecule has 5 heteroatoms. The molecule has 0 aliphatic carbocycles. The summed E-state index contributed by atoms with van der Waals surface area (Å²) in [7, 11) is -3.26. The molecule has 0 amide bonds. The van der Waals surface area contributed by atoms with Crippen LogP contribution in [0.4, 0.5) is 11.4 Å². The first kappa shape index (κ1) is 15.4. The average molecular weight is 304 g/mol. The number of sulfonamides is 1. The number of hydrogen-bond acceptors (Lipinski definition) is 3. The van der Waals surface area contributed by atoms with Gasteiger partial charge in [-0.3, -0.25) is 4.72 Å². The summed E-state index contributed by atoms with van der Waals surface area (Å²) in [6.07, 6.45) is 3.13. The Bertz CT molecular complexity index is 670. The lowest BCUT2D eigenvalue weighted by Gasteiger charge is -2.12. The van der Waals surface area contributed by atoms with Crippen LogP contribution in [0.25, 0.3) is 0 Å². The number of anilines is 2. The predicted octanol–water partition coefficient (Wildman–Crippen LogP) is 3.10. The molecule has 0 bridgehead atoms. The van der Waals surface area contributed by atoms with Crippen molar-refractivity contribution < 1.29 is 8.42 Å². The summed E-state index contributed by atoms with van der Waals surface area (Å²) in [5.41, 5.74) is 2.69. The molecule has 0 saturated carbocycles. The van der Waals surface area contributed by atoms with Gasteiger partial charge in [0.25, 0.3) is 0 Å². The molecule has 0 aliphatic heterocycles. The highest BCUT2D eigenvalue weighted by Gasteiger charge is 2.06. The van der Waals surface area contributed by atoms with E-state index in [9.17, 15) is 8.42 Å². The normalized spacial score (nSPS) is 11.1.